The van der Waals surface area contributed by atoms with Gasteiger partial charge in [-0.3, -0.25) is 0 Å². The second kappa shape index (κ2) is 11.2. The Hall–Kier alpha value is -3.97. The molecule has 0 fully saturated rings. The quantitative estimate of drug-likeness (QED) is 0.274. The van der Waals surface area contributed by atoms with E-state index in [1.165, 1.54) is 16.6 Å². The van der Waals surface area contributed by atoms with Crippen molar-refractivity contribution in [2.45, 2.75) is 32.9 Å². The van der Waals surface area contributed by atoms with Crippen molar-refractivity contribution < 1.29 is 23.7 Å². The van der Waals surface area contributed by atoms with Gasteiger partial charge in [-0.15, -0.1) is 0 Å². The number of hydrogen-bond donors (Lipinski definition) is 2. The lowest BCUT2D eigenvalue weighted by atomic mass is 9.93. The fraction of sp³-hybridized carbons (Fsp3) is 0.323. The van der Waals surface area contributed by atoms with Gasteiger partial charge in [0, 0.05) is 28.7 Å². The summed E-state index contributed by atoms with van der Waals surface area (Å²) in [6, 6.07) is 19.4. The molecule has 0 bridgehead atoms. The average molecular weight is 515 g/mol. The fourth-order valence-corrected chi connectivity index (χ4v) is 4.88. The molecule has 198 valence electrons. The number of methoxy groups -OCH3 is 2. The van der Waals surface area contributed by atoms with Crippen molar-refractivity contribution in [3.63, 3.8) is 0 Å². The Morgan fingerprint density at radius 2 is 1.76 bits per heavy atom. The molecular weight excluding hydrogens is 480 g/mol. The van der Waals surface area contributed by atoms with Crippen molar-refractivity contribution in [2.24, 2.45) is 5.92 Å². The van der Waals surface area contributed by atoms with Crippen LogP contribution in [-0.2, 0) is 17.8 Å². The normalized spacial score (nSPS) is 14.8. The molecule has 3 aromatic carbocycles. The maximum Gasteiger partial charge on any atom is 0.338 e. The van der Waals surface area contributed by atoms with Crippen LogP contribution >= 0.6 is 0 Å². The van der Waals surface area contributed by atoms with Crippen LogP contribution < -0.4 is 19.5 Å². The topological polar surface area (TPSA) is 81.8 Å². The lowest BCUT2D eigenvalue weighted by Crippen LogP contribution is -2.30. The summed E-state index contributed by atoms with van der Waals surface area (Å²) in [5, 5.41) is 4.87. The van der Waals surface area contributed by atoms with Gasteiger partial charge in [-0.1, -0.05) is 19.9 Å². The summed E-state index contributed by atoms with van der Waals surface area (Å²) in [7, 11) is 3.36. The molecular formula is C31H34N2O5. The molecule has 0 radical (unpaired) electrons. The lowest BCUT2D eigenvalue weighted by Gasteiger charge is -2.25. The molecule has 5 rings (SSSR count). The molecule has 0 amide bonds. The van der Waals surface area contributed by atoms with Gasteiger partial charge in [0.2, 0.25) is 0 Å². The van der Waals surface area contributed by atoms with Crippen LogP contribution in [0.2, 0.25) is 0 Å². The Morgan fingerprint density at radius 1 is 0.974 bits per heavy atom. The first kappa shape index (κ1) is 25.7. The van der Waals surface area contributed by atoms with E-state index in [0.717, 1.165) is 41.1 Å². The number of benzene rings is 3. The smallest absolute Gasteiger partial charge is 0.338 e. The third-order valence-corrected chi connectivity index (χ3v) is 6.83. The van der Waals surface area contributed by atoms with E-state index < -0.39 is 0 Å². The molecule has 0 spiro atoms. The number of H-pyrrole nitrogens is 1. The van der Waals surface area contributed by atoms with Gasteiger partial charge in [-0.2, -0.15) is 0 Å². The first-order chi connectivity index (χ1) is 18.5. The average Bonchev–Trinajstić information content (AvgIpc) is 3.33. The zero-order valence-corrected chi connectivity index (χ0v) is 22.3. The predicted octanol–water partition coefficient (Wildman–Crippen LogP) is 5.81. The molecule has 1 aliphatic heterocycles. The van der Waals surface area contributed by atoms with Gasteiger partial charge < -0.3 is 29.2 Å². The zero-order chi connectivity index (χ0) is 26.6. The number of fused-ring (bicyclic) bond motifs is 3. The van der Waals surface area contributed by atoms with Crippen LogP contribution in [0.4, 0.5) is 0 Å². The van der Waals surface area contributed by atoms with Gasteiger partial charge in [0.15, 0.2) is 0 Å². The summed E-state index contributed by atoms with van der Waals surface area (Å²) >= 11 is 0. The molecule has 1 aromatic heterocycles. The number of hydrogen-bond acceptors (Lipinski definition) is 6. The Bertz CT molecular complexity index is 1420. The number of carbonyl (C=O) groups is 1. The van der Waals surface area contributed by atoms with Crippen molar-refractivity contribution in [3.8, 4) is 17.2 Å². The number of nitrogens with one attached hydrogen (secondary N) is 2. The highest BCUT2D eigenvalue weighted by Crippen LogP contribution is 2.36. The summed E-state index contributed by atoms with van der Waals surface area (Å²) < 4.78 is 22.5. The summed E-state index contributed by atoms with van der Waals surface area (Å²) in [4.78, 5) is 15.8. The van der Waals surface area contributed by atoms with Crippen LogP contribution in [0.3, 0.4) is 0 Å². The fourth-order valence-electron chi connectivity index (χ4n) is 4.88. The number of carbonyl (C=O) groups excluding carboxylic acids is 1. The van der Waals surface area contributed by atoms with Gasteiger partial charge in [0.1, 0.15) is 23.9 Å². The van der Waals surface area contributed by atoms with E-state index in [0.29, 0.717) is 30.4 Å². The van der Waals surface area contributed by atoms with Crippen molar-refractivity contribution in [3.05, 3.63) is 88.6 Å². The SMILES string of the molecule is COc1ccc2[nH]c3c(c2c1)CCN[C@@H]3c1ccc(OC)c(COc2ccc(C(=O)OCC(C)C)cc2)c1. The molecule has 7 nitrogen and oxygen atoms in total. The maximum atomic E-state index is 12.2. The Morgan fingerprint density at radius 3 is 2.50 bits per heavy atom. The third-order valence-electron chi connectivity index (χ3n) is 6.83. The molecule has 2 heterocycles. The van der Waals surface area contributed by atoms with E-state index in [9.17, 15) is 4.79 Å². The van der Waals surface area contributed by atoms with Crippen LogP contribution in [0, 0.1) is 5.92 Å². The van der Waals surface area contributed by atoms with Gasteiger partial charge in [0.25, 0.3) is 0 Å². The minimum absolute atomic E-state index is 0.0259. The number of rotatable bonds is 9. The van der Waals surface area contributed by atoms with Crippen LogP contribution in [-0.4, -0.2) is 38.3 Å². The monoisotopic (exact) mass is 514 g/mol. The summed E-state index contributed by atoms with van der Waals surface area (Å²) in [5.74, 6) is 2.26. The number of aromatic amines is 1. The second-order valence-corrected chi connectivity index (χ2v) is 9.94. The van der Waals surface area contributed by atoms with Crippen molar-refractivity contribution in [1.82, 2.24) is 10.3 Å². The molecule has 1 aliphatic rings. The van der Waals surface area contributed by atoms with Crippen molar-refractivity contribution in [2.75, 3.05) is 27.4 Å². The molecule has 1 atom stereocenters. The molecule has 0 saturated heterocycles. The standard InChI is InChI=1S/C31H34N2O5/c1-19(2)17-38-31(34)20-5-8-23(9-6-20)37-18-22-15-21(7-12-28(22)36-4)29-30-25(13-14-32-29)26-16-24(35-3)10-11-27(26)33-30/h5-12,15-16,19,29,32-33H,13-14,17-18H2,1-4H3/t29-/m1/s1. The van der Waals surface area contributed by atoms with Gasteiger partial charge in [0.05, 0.1) is 32.4 Å². The van der Waals surface area contributed by atoms with Gasteiger partial charge in [-0.05, 0) is 78.1 Å². The maximum absolute atomic E-state index is 12.2. The summed E-state index contributed by atoms with van der Waals surface area (Å²) in [6.07, 6.45) is 0.951. The highest BCUT2D eigenvalue weighted by molar-refractivity contribution is 5.89. The minimum atomic E-state index is -0.325. The molecule has 0 saturated carbocycles. The van der Waals surface area contributed by atoms with Crippen LogP contribution in [0.5, 0.6) is 17.2 Å². The summed E-state index contributed by atoms with van der Waals surface area (Å²) in [6.45, 7) is 5.63. The zero-order valence-electron chi connectivity index (χ0n) is 22.3. The first-order valence-corrected chi connectivity index (χ1v) is 13.0. The van der Waals surface area contributed by atoms with E-state index >= 15 is 0 Å². The van der Waals surface area contributed by atoms with E-state index in [-0.39, 0.29) is 12.0 Å². The Kier molecular flexibility index (Phi) is 7.56. The second-order valence-electron chi connectivity index (χ2n) is 9.94. The Balaban J connectivity index is 1.35. The molecule has 4 aromatic rings. The minimum Gasteiger partial charge on any atom is -0.497 e. The molecule has 0 unspecified atom stereocenters. The third kappa shape index (κ3) is 5.34. The predicted molar refractivity (Wildman–Crippen MR) is 147 cm³/mol. The van der Waals surface area contributed by atoms with E-state index in [2.05, 4.69) is 34.6 Å². The van der Waals surface area contributed by atoms with E-state index in [4.69, 9.17) is 18.9 Å². The first-order valence-electron chi connectivity index (χ1n) is 13.0. The van der Waals surface area contributed by atoms with Crippen molar-refractivity contribution >= 4 is 16.9 Å². The number of esters is 1. The van der Waals surface area contributed by atoms with Gasteiger partial charge in [-0.25, -0.2) is 4.79 Å². The Labute approximate surface area is 223 Å². The van der Waals surface area contributed by atoms with E-state index in [1.807, 2.05) is 26.0 Å². The lowest BCUT2D eigenvalue weighted by molar-refractivity contribution is 0.0459. The molecule has 2 N–H and O–H groups in total. The van der Waals surface area contributed by atoms with Crippen molar-refractivity contribution in [1.29, 1.82) is 0 Å². The number of aromatic nitrogens is 1. The van der Waals surface area contributed by atoms with Crippen LogP contribution in [0.15, 0.2) is 60.7 Å². The number of ether oxygens (including phenoxy) is 4. The van der Waals surface area contributed by atoms with E-state index in [1.54, 1.807) is 38.5 Å². The highest BCUT2D eigenvalue weighted by atomic mass is 16.5. The van der Waals surface area contributed by atoms with Gasteiger partial charge >= 0.3 is 5.97 Å². The molecule has 38 heavy (non-hydrogen) atoms. The molecule has 0 aliphatic carbocycles. The molecule has 7 heteroatoms. The van der Waals surface area contributed by atoms with Crippen LogP contribution in [0.25, 0.3) is 10.9 Å². The largest absolute Gasteiger partial charge is 0.497 e. The van der Waals surface area contributed by atoms with Crippen LogP contribution in [0.1, 0.15) is 52.6 Å². The summed E-state index contributed by atoms with van der Waals surface area (Å²) in [5.41, 5.74) is 6.19. The highest BCUT2D eigenvalue weighted by Gasteiger charge is 2.26.